The average molecular weight is 313 g/mol. The van der Waals surface area contributed by atoms with E-state index in [0.29, 0.717) is 5.75 Å². The molecule has 0 aliphatic rings. The van der Waals surface area contributed by atoms with Crippen LogP contribution in [0.3, 0.4) is 0 Å². The zero-order valence-electron chi connectivity index (χ0n) is 13.7. The molecule has 1 amide bonds. The van der Waals surface area contributed by atoms with Crippen LogP contribution in [-0.4, -0.2) is 11.7 Å². The van der Waals surface area contributed by atoms with Crippen LogP contribution < -0.4 is 5.32 Å². The van der Waals surface area contributed by atoms with Gasteiger partial charge >= 0.3 is 0 Å². The van der Waals surface area contributed by atoms with Crippen molar-refractivity contribution in [3.8, 4) is 0 Å². The molecule has 2 nitrogen and oxygen atoms in total. The van der Waals surface area contributed by atoms with Crippen LogP contribution in [0.1, 0.15) is 27.8 Å². The number of aryl methyl sites for hydroxylation is 4. The van der Waals surface area contributed by atoms with Crippen molar-refractivity contribution in [1.29, 1.82) is 0 Å². The maximum atomic E-state index is 12.1. The number of amides is 1. The van der Waals surface area contributed by atoms with E-state index in [9.17, 15) is 4.79 Å². The fourth-order valence-corrected chi connectivity index (χ4v) is 3.29. The maximum Gasteiger partial charge on any atom is 0.234 e. The molecule has 0 spiro atoms. The highest BCUT2D eigenvalue weighted by Gasteiger charge is 2.08. The summed E-state index contributed by atoms with van der Waals surface area (Å²) in [6.45, 7) is 8.23. The Labute approximate surface area is 137 Å². The van der Waals surface area contributed by atoms with E-state index in [1.165, 1.54) is 16.7 Å². The SMILES string of the molecule is Cc1ccc(CSCC(=O)Nc2c(C)cc(C)cc2C)cc1. The van der Waals surface area contributed by atoms with Crippen molar-refractivity contribution in [3.63, 3.8) is 0 Å². The Hall–Kier alpha value is -1.74. The predicted molar refractivity (Wildman–Crippen MR) is 96.6 cm³/mol. The zero-order valence-corrected chi connectivity index (χ0v) is 14.5. The summed E-state index contributed by atoms with van der Waals surface area (Å²) in [5, 5.41) is 3.04. The minimum atomic E-state index is 0.0622. The van der Waals surface area contributed by atoms with Gasteiger partial charge in [0.2, 0.25) is 5.91 Å². The molecule has 0 aromatic heterocycles. The first-order valence-corrected chi connectivity index (χ1v) is 8.62. The van der Waals surface area contributed by atoms with E-state index >= 15 is 0 Å². The Kier molecular flexibility index (Phi) is 5.67. The lowest BCUT2D eigenvalue weighted by molar-refractivity contribution is -0.113. The van der Waals surface area contributed by atoms with Gasteiger partial charge in [0, 0.05) is 11.4 Å². The molecule has 2 aromatic rings. The van der Waals surface area contributed by atoms with E-state index in [4.69, 9.17) is 0 Å². The first kappa shape index (κ1) is 16.6. The van der Waals surface area contributed by atoms with Crippen LogP contribution in [0.15, 0.2) is 36.4 Å². The quantitative estimate of drug-likeness (QED) is 0.859. The molecule has 0 heterocycles. The Morgan fingerprint density at radius 2 is 1.55 bits per heavy atom. The van der Waals surface area contributed by atoms with E-state index in [1.54, 1.807) is 11.8 Å². The summed E-state index contributed by atoms with van der Waals surface area (Å²) < 4.78 is 0. The van der Waals surface area contributed by atoms with E-state index in [0.717, 1.165) is 22.6 Å². The van der Waals surface area contributed by atoms with Gasteiger partial charge in [-0.2, -0.15) is 0 Å². The van der Waals surface area contributed by atoms with Crippen LogP contribution in [0.5, 0.6) is 0 Å². The van der Waals surface area contributed by atoms with Crippen molar-refractivity contribution >= 4 is 23.4 Å². The number of carbonyl (C=O) groups excluding carboxylic acids is 1. The van der Waals surface area contributed by atoms with Crippen molar-refractivity contribution in [3.05, 3.63) is 64.2 Å². The van der Waals surface area contributed by atoms with Gasteiger partial charge in [-0.3, -0.25) is 4.79 Å². The number of hydrogen-bond acceptors (Lipinski definition) is 2. The molecule has 2 rings (SSSR count). The van der Waals surface area contributed by atoms with Crippen molar-refractivity contribution in [2.45, 2.75) is 33.4 Å². The minimum Gasteiger partial charge on any atom is -0.325 e. The summed E-state index contributed by atoms with van der Waals surface area (Å²) in [4.78, 5) is 12.1. The zero-order chi connectivity index (χ0) is 16.1. The Morgan fingerprint density at radius 1 is 0.955 bits per heavy atom. The smallest absolute Gasteiger partial charge is 0.234 e. The lowest BCUT2D eigenvalue weighted by atomic mass is 10.1. The predicted octanol–water partition coefficient (Wildman–Crippen LogP) is 4.79. The second-order valence-electron chi connectivity index (χ2n) is 5.80. The lowest BCUT2D eigenvalue weighted by Gasteiger charge is -2.12. The Balaban J connectivity index is 1.87. The fourth-order valence-electron chi connectivity index (χ4n) is 2.50. The Morgan fingerprint density at radius 3 is 2.14 bits per heavy atom. The van der Waals surface area contributed by atoms with Crippen LogP contribution in [0, 0.1) is 27.7 Å². The molecule has 0 aliphatic heterocycles. The van der Waals surface area contributed by atoms with Gasteiger partial charge in [0.05, 0.1) is 5.75 Å². The van der Waals surface area contributed by atoms with Gasteiger partial charge in [-0.25, -0.2) is 0 Å². The van der Waals surface area contributed by atoms with Gasteiger partial charge in [-0.1, -0.05) is 47.5 Å². The molecule has 0 saturated heterocycles. The molecule has 0 fully saturated rings. The van der Waals surface area contributed by atoms with Crippen LogP contribution in [-0.2, 0) is 10.5 Å². The molecule has 1 N–H and O–H groups in total. The molecule has 0 radical (unpaired) electrons. The summed E-state index contributed by atoms with van der Waals surface area (Å²) in [5.41, 5.74) is 6.93. The second kappa shape index (κ2) is 7.50. The number of anilines is 1. The van der Waals surface area contributed by atoms with Crippen molar-refractivity contribution in [2.75, 3.05) is 11.1 Å². The summed E-state index contributed by atoms with van der Waals surface area (Å²) in [7, 11) is 0. The lowest BCUT2D eigenvalue weighted by Crippen LogP contribution is -2.16. The van der Waals surface area contributed by atoms with Gasteiger partial charge in [-0.15, -0.1) is 11.8 Å². The monoisotopic (exact) mass is 313 g/mol. The molecular weight excluding hydrogens is 290 g/mol. The highest BCUT2D eigenvalue weighted by atomic mass is 32.2. The number of benzene rings is 2. The molecule has 0 saturated carbocycles. The summed E-state index contributed by atoms with van der Waals surface area (Å²) in [6, 6.07) is 12.6. The molecule has 0 unspecified atom stereocenters. The van der Waals surface area contributed by atoms with Gasteiger partial charge in [0.25, 0.3) is 0 Å². The van der Waals surface area contributed by atoms with E-state index in [1.807, 2.05) is 13.8 Å². The second-order valence-corrected chi connectivity index (χ2v) is 6.79. The van der Waals surface area contributed by atoms with E-state index in [-0.39, 0.29) is 5.91 Å². The minimum absolute atomic E-state index is 0.0622. The molecular formula is C19H23NOS. The van der Waals surface area contributed by atoms with Crippen LogP contribution >= 0.6 is 11.8 Å². The molecule has 0 bridgehead atoms. The molecule has 2 aromatic carbocycles. The van der Waals surface area contributed by atoms with Gasteiger partial charge in [0.15, 0.2) is 0 Å². The summed E-state index contributed by atoms with van der Waals surface area (Å²) in [5.74, 6) is 1.40. The molecule has 0 aliphatic carbocycles. The molecule has 22 heavy (non-hydrogen) atoms. The van der Waals surface area contributed by atoms with Crippen molar-refractivity contribution in [1.82, 2.24) is 0 Å². The third kappa shape index (κ3) is 4.63. The highest BCUT2D eigenvalue weighted by Crippen LogP contribution is 2.22. The first-order chi connectivity index (χ1) is 10.5. The highest BCUT2D eigenvalue weighted by molar-refractivity contribution is 7.99. The summed E-state index contributed by atoms with van der Waals surface area (Å²) >= 11 is 1.64. The largest absolute Gasteiger partial charge is 0.325 e. The number of hydrogen-bond donors (Lipinski definition) is 1. The molecule has 3 heteroatoms. The third-order valence-electron chi connectivity index (χ3n) is 3.56. The maximum absolute atomic E-state index is 12.1. The number of rotatable bonds is 5. The van der Waals surface area contributed by atoms with E-state index < -0.39 is 0 Å². The fraction of sp³-hybridized carbons (Fsp3) is 0.316. The van der Waals surface area contributed by atoms with Crippen molar-refractivity contribution < 1.29 is 4.79 Å². The van der Waals surface area contributed by atoms with E-state index in [2.05, 4.69) is 55.6 Å². The average Bonchev–Trinajstić information content (AvgIpc) is 2.45. The van der Waals surface area contributed by atoms with Gasteiger partial charge < -0.3 is 5.32 Å². The van der Waals surface area contributed by atoms with Crippen LogP contribution in [0.2, 0.25) is 0 Å². The third-order valence-corrected chi connectivity index (χ3v) is 4.57. The topological polar surface area (TPSA) is 29.1 Å². The number of carbonyl (C=O) groups is 1. The van der Waals surface area contributed by atoms with Gasteiger partial charge in [-0.05, 0) is 44.4 Å². The van der Waals surface area contributed by atoms with Crippen LogP contribution in [0.4, 0.5) is 5.69 Å². The summed E-state index contributed by atoms with van der Waals surface area (Å²) in [6.07, 6.45) is 0. The first-order valence-electron chi connectivity index (χ1n) is 7.46. The molecule has 116 valence electrons. The van der Waals surface area contributed by atoms with Crippen molar-refractivity contribution in [2.24, 2.45) is 0 Å². The Bertz CT molecular complexity index is 639. The molecule has 0 atom stereocenters. The van der Waals surface area contributed by atoms with Gasteiger partial charge in [0.1, 0.15) is 0 Å². The number of nitrogens with one attached hydrogen (secondary N) is 1. The normalized spacial score (nSPS) is 10.5. The standard InChI is InChI=1S/C19H23NOS/c1-13-5-7-17(8-6-13)11-22-12-18(21)20-19-15(3)9-14(2)10-16(19)4/h5-10H,11-12H2,1-4H3,(H,20,21). The van der Waals surface area contributed by atoms with Crippen LogP contribution in [0.25, 0.3) is 0 Å². The number of thioether (sulfide) groups is 1.